The third kappa shape index (κ3) is 4.17. The third-order valence-electron chi connectivity index (χ3n) is 5.59. The molecule has 0 bridgehead atoms. The summed E-state index contributed by atoms with van der Waals surface area (Å²) in [5.41, 5.74) is 4.83. The molecular formula is C24H24FN3S2. The summed E-state index contributed by atoms with van der Waals surface area (Å²) in [5, 5.41) is 3.98. The van der Waals surface area contributed by atoms with Crippen molar-refractivity contribution in [2.45, 2.75) is 22.0 Å². The lowest BCUT2D eigenvalue weighted by atomic mass is 10.1. The van der Waals surface area contributed by atoms with Gasteiger partial charge < -0.3 is 10.2 Å². The summed E-state index contributed by atoms with van der Waals surface area (Å²) < 4.78 is 15.6. The molecule has 3 aromatic rings. The van der Waals surface area contributed by atoms with Crippen LogP contribution in [0.25, 0.3) is 0 Å². The number of benzene rings is 3. The van der Waals surface area contributed by atoms with E-state index in [1.165, 1.54) is 26.7 Å². The summed E-state index contributed by atoms with van der Waals surface area (Å²) in [4.78, 5) is 4.89. The van der Waals surface area contributed by atoms with Gasteiger partial charge in [0.15, 0.2) is 0 Å². The molecule has 2 aliphatic rings. The van der Waals surface area contributed by atoms with Gasteiger partial charge in [0.2, 0.25) is 0 Å². The number of rotatable bonds is 4. The van der Waals surface area contributed by atoms with Gasteiger partial charge in [0.25, 0.3) is 0 Å². The van der Waals surface area contributed by atoms with Crippen molar-refractivity contribution in [3.63, 3.8) is 0 Å². The Bertz CT molecular complexity index is 1030. The Balaban J connectivity index is 1.20. The number of anilines is 3. The molecule has 3 nitrogen and oxygen atoms in total. The van der Waals surface area contributed by atoms with Crippen LogP contribution in [0.4, 0.5) is 21.5 Å². The van der Waals surface area contributed by atoms with Gasteiger partial charge in [0.05, 0.1) is 11.4 Å². The highest BCUT2D eigenvalue weighted by Gasteiger charge is 2.22. The van der Waals surface area contributed by atoms with Crippen molar-refractivity contribution in [1.29, 1.82) is 0 Å². The molecule has 0 saturated carbocycles. The highest BCUT2D eigenvalue weighted by Crippen LogP contribution is 2.45. The fourth-order valence-electron chi connectivity index (χ4n) is 3.90. The molecule has 154 valence electrons. The molecule has 0 radical (unpaired) electrons. The van der Waals surface area contributed by atoms with E-state index in [9.17, 15) is 4.39 Å². The normalized spacial score (nSPS) is 17.1. The first kappa shape index (κ1) is 19.8. The van der Waals surface area contributed by atoms with Crippen LogP contribution < -0.4 is 10.2 Å². The van der Waals surface area contributed by atoms with E-state index in [4.69, 9.17) is 0 Å². The lowest BCUT2D eigenvalue weighted by molar-refractivity contribution is 0.427. The van der Waals surface area contributed by atoms with Crippen LogP contribution in [0, 0.1) is 5.82 Å². The van der Waals surface area contributed by atoms with Crippen molar-refractivity contribution in [2.24, 2.45) is 0 Å². The van der Waals surface area contributed by atoms with E-state index >= 15 is 0 Å². The zero-order chi connectivity index (χ0) is 20.5. The van der Waals surface area contributed by atoms with Crippen molar-refractivity contribution in [1.82, 2.24) is 4.31 Å². The van der Waals surface area contributed by atoms with Gasteiger partial charge >= 0.3 is 0 Å². The molecule has 1 unspecified atom stereocenters. The Kier molecular flexibility index (Phi) is 5.63. The molecule has 1 atom stereocenters. The first-order valence-corrected chi connectivity index (χ1v) is 11.9. The van der Waals surface area contributed by atoms with E-state index in [0.717, 1.165) is 31.9 Å². The minimum absolute atomic E-state index is 0.178. The minimum atomic E-state index is -0.178. The Morgan fingerprint density at radius 1 is 0.900 bits per heavy atom. The zero-order valence-corrected chi connectivity index (χ0v) is 18.5. The van der Waals surface area contributed by atoms with Crippen LogP contribution in [0.2, 0.25) is 0 Å². The molecule has 30 heavy (non-hydrogen) atoms. The van der Waals surface area contributed by atoms with Gasteiger partial charge in [-0.2, -0.15) is 0 Å². The summed E-state index contributed by atoms with van der Waals surface area (Å²) in [6, 6.07) is 22.1. The van der Waals surface area contributed by atoms with Crippen LogP contribution in [-0.4, -0.2) is 30.5 Å². The summed E-state index contributed by atoms with van der Waals surface area (Å²) in [5.74, 6) is -0.178. The van der Waals surface area contributed by atoms with Crippen LogP contribution >= 0.6 is 23.7 Å². The Labute approximate surface area is 185 Å². The van der Waals surface area contributed by atoms with Crippen LogP contribution in [0.15, 0.2) is 76.5 Å². The summed E-state index contributed by atoms with van der Waals surface area (Å²) in [6.07, 6.45) is 0. The Morgan fingerprint density at radius 3 is 2.43 bits per heavy atom. The molecule has 3 aromatic carbocycles. The zero-order valence-electron chi connectivity index (χ0n) is 16.8. The molecule has 1 saturated heterocycles. The topological polar surface area (TPSA) is 18.5 Å². The molecule has 0 spiro atoms. The average molecular weight is 438 g/mol. The molecule has 1 N–H and O–H groups in total. The highest BCUT2D eigenvalue weighted by molar-refractivity contribution is 7.99. The summed E-state index contributed by atoms with van der Waals surface area (Å²) in [7, 11) is 0. The van der Waals surface area contributed by atoms with Crippen molar-refractivity contribution < 1.29 is 4.39 Å². The van der Waals surface area contributed by atoms with E-state index in [1.807, 2.05) is 35.8 Å². The molecule has 6 heteroatoms. The molecule has 0 aromatic heterocycles. The highest BCUT2D eigenvalue weighted by atomic mass is 32.2. The SMILES string of the molecule is CC(SN1CCN(c2ccc(F)cc2)CC1)c1ccc2c(c1)Nc1ccccc1S2. The van der Waals surface area contributed by atoms with Crippen LogP contribution in [-0.2, 0) is 0 Å². The number of nitrogens with one attached hydrogen (secondary N) is 1. The lowest BCUT2D eigenvalue weighted by Crippen LogP contribution is -2.43. The maximum atomic E-state index is 13.2. The number of nitrogens with zero attached hydrogens (tertiary/aromatic N) is 2. The molecule has 2 heterocycles. The molecular weight excluding hydrogens is 413 g/mol. The van der Waals surface area contributed by atoms with Gasteiger partial charge in [-0.25, -0.2) is 8.70 Å². The number of para-hydroxylation sites is 1. The third-order valence-corrected chi connectivity index (χ3v) is 7.99. The molecule has 0 amide bonds. The van der Waals surface area contributed by atoms with Crippen molar-refractivity contribution in [2.75, 3.05) is 36.4 Å². The van der Waals surface area contributed by atoms with Crippen molar-refractivity contribution in [3.8, 4) is 0 Å². The van der Waals surface area contributed by atoms with Gasteiger partial charge in [-0.3, -0.25) is 0 Å². The number of hydrogen-bond acceptors (Lipinski definition) is 5. The van der Waals surface area contributed by atoms with Crippen LogP contribution in [0.5, 0.6) is 0 Å². The number of halogens is 1. The van der Waals surface area contributed by atoms with E-state index in [0.29, 0.717) is 5.25 Å². The predicted molar refractivity (Wildman–Crippen MR) is 126 cm³/mol. The van der Waals surface area contributed by atoms with Crippen LogP contribution in [0.3, 0.4) is 0 Å². The molecule has 2 aliphatic heterocycles. The Hall–Kier alpha value is -2.15. The van der Waals surface area contributed by atoms with E-state index in [1.54, 1.807) is 12.1 Å². The fraction of sp³-hybridized carbons (Fsp3) is 0.250. The van der Waals surface area contributed by atoms with E-state index < -0.39 is 0 Å². The van der Waals surface area contributed by atoms with Gasteiger partial charge in [-0.05, 0) is 61.0 Å². The number of fused-ring (bicyclic) bond motifs is 2. The van der Waals surface area contributed by atoms with E-state index in [2.05, 4.69) is 63.9 Å². The van der Waals surface area contributed by atoms with Crippen molar-refractivity contribution in [3.05, 3.63) is 78.1 Å². The average Bonchev–Trinajstić information content (AvgIpc) is 2.78. The quantitative estimate of drug-likeness (QED) is 0.363. The van der Waals surface area contributed by atoms with Gasteiger partial charge in [0, 0.05) is 46.9 Å². The molecule has 0 aliphatic carbocycles. The molecule has 5 rings (SSSR count). The van der Waals surface area contributed by atoms with Crippen LogP contribution in [0.1, 0.15) is 17.7 Å². The van der Waals surface area contributed by atoms with Gasteiger partial charge in [-0.15, -0.1) is 0 Å². The maximum absolute atomic E-state index is 13.2. The predicted octanol–water partition coefficient (Wildman–Crippen LogP) is 6.57. The molecule has 1 fully saturated rings. The monoisotopic (exact) mass is 437 g/mol. The first-order chi connectivity index (χ1) is 14.7. The van der Waals surface area contributed by atoms with Gasteiger partial charge in [-0.1, -0.05) is 41.9 Å². The fourth-order valence-corrected chi connectivity index (χ4v) is 5.96. The number of hydrogen-bond donors (Lipinski definition) is 1. The smallest absolute Gasteiger partial charge is 0.123 e. The maximum Gasteiger partial charge on any atom is 0.123 e. The largest absolute Gasteiger partial charge is 0.369 e. The second-order valence-electron chi connectivity index (χ2n) is 7.62. The number of piperazine rings is 1. The van der Waals surface area contributed by atoms with Gasteiger partial charge in [0.1, 0.15) is 5.82 Å². The minimum Gasteiger partial charge on any atom is -0.369 e. The standard InChI is InChI=1S/C24H24FN3S2/c1-17(30-28-14-12-27(13-15-28)20-9-7-19(25)8-10-20)18-6-11-24-22(16-18)26-21-4-2-3-5-23(21)29-24/h2-11,16-17,26H,12-15H2,1H3. The van der Waals surface area contributed by atoms with E-state index in [-0.39, 0.29) is 5.82 Å². The summed E-state index contributed by atoms with van der Waals surface area (Å²) in [6.45, 7) is 6.20. The lowest BCUT2D eigenvalue weighted by Gasteiger charge is -2.36. The second kappa shape index (κ2) is 8.53. The second-order valence-corrected chi connectivity index (χ2v) is 10.1. The van der Waals surface area contributed by atoms with Crippen molar-refractivity contribution >= 4 is 40.8 Å². The Morgan fingerprint density at radius 2 is 1.63 bits per heavy atom. The first-order valence-electron chi connectivity index (χ1n) is 10.3. The summed E-state index contributed by atoms with van der Waals surface area (Å²) >= 11 is 3.75.